The van der Waals surface area contributed by atoms with E-state index in [1.54, 1.807) is 24.3 Å². The van der Waals surface area contributed by atoms with Crippen LogP contribution in [0.1, 0.15) is 59.6 Å². The second-order valence-corrected chi connectivity index (χ2v) is 8.13. The molecule has 6 heteroatoms. The molecule has 1 aromatic carbocycles. The minimum Gasteiger partial charge on any atom is -0.507 e. The maximum atomic E-state index is 12.7. The van der Waals surface area contributed by atoms with E-state index in [9.17, 15) is 9.90 Å². The summed E-state index contributed by atoms with van der Waals surface area (Å²) in [5.74, 6) is 0.582. The van der Waals surface area contributed by atoms with Crippen LogP contribution >= 0.6 is 0 Å². The first kappa shape index (κ1) is 19.0. The number of benzene rings is 1. The molecule has 1 saturated heterocycles. The van der Waals surface area contributed by atoms with Gasteiger partial charge in [-0.1, -0.05) is 31.4 Å². The Labute approximate surface area is 166 Å². The van der Waals surface area contributed by atoms with Crippen molar-refractivity contribution in [2.75, 3.05) is 26.2 Å². The van der Waals surface area contributed by atoms with Crippen LogP contribution in [0, 0.1) is 0 Å². The molecule has 0 atom stereocenters. The van der Waals surface area contributed by atoms with Gasteiger partial charge >= 0.3 is 0 Å². The van der Waals surface area contributed by atoms with Crippen LogP contribution in [0.2, 0.25) is 0 Å². The lowest BCUT2D eigenvalue weighted by atomic mass is 9.85. The molecule has 0 radical (unpaired) electrons. The van der Waals surface area contributed by atoms with Gasteiger partial charge in [0.2, 0.25) is 0 Å². The largest absolute Gasteiger partial charge is 0.507 e. The standard InChI is InChI=1S/C22H30N4O2/c1-24-15-18(21(23-24)17-7-3-2-4-8-17)16-25-11-13-26(14-12-25)22(28)19-9-5-6-10-20(19)27/h5-6,9-10,15,17,27H,2-4,7-8,11-14,16H2,1H3. The third-order valence-corrected chi connectivity index (χ3v) is 6.12. The number of aromatic hydroxyl groups is 1. The molecule has 2 heterocycles. The summed E-state index contributed by atoms with van der Waals surface area (Å²) in [5, 5.41) is 14.7. The average Bonchev–Trinajstić information content (AvgIpc) is 3.09. The minimum absolute atomic E-state index is 0.0578. The van der Waals surface area contributed by atoms with Crippen LogP contribution < -0.4 is 0 Å². The second-order valence-electron chi connectivity index (χ2n) is 8.13. The highest BCUT2D eigenvalue weighted by molar-refractivity contribution is 5.96. The molecule has 2 fully saturated rings. The van der Waals surface area contributed by atoms with Crippen molar-refractivity contribution < 1.29 is 9.90 Å². The summed E-state index contributed by atoms with van der Waals surface area (Å²) in [4.78, 5) is 16.9. The van der Waals surface area contributed by atoms with E-state index < -0.39 is 0 Å². The lowest BCUT2D eigenvalue weighted by Crippen LogP contribution is -2.48. The van der Waals surface area contributed by atoms with Crippen LogP contribution in [0.4, 0.5) is 0 Å². The number of carbonyl (C=O) groups is 1. The van der Waals surface area contributed by atoms with Gasteiger partial charge in [0.1, 0.15) is 5.75 Å². The summed E-state index contributed by atoms with van der Waals surface area (Å²) >= 11 is 0. The number of para-hydroxylation sites is 1. The molecule has 6 nitrogen and oxygen atoms in total. The molecule has 0 spiro atoms. The molecule has 28 heavy (non-hydrogen) atoms. The number of phenols is 1. The highest BCUT2D eigenvalue weighted by Crippen LogP contribution is 2.34. The number of aromatic nitrogens is 2. The highest BCUT2D eigenvalue weighted by Gasteiger charge is 2.26. The van der Waals surface area contributed by atoms with Crippen LogP contribution in [-0.2, 0) is 13.6 Å². The quantitative estimate of drug-likeness (QED) is 0.883. The van der Waals surface area contributed by atoms with Gasteiger partial charge < -0.3 is 10.0 Å². The van der Waals surface area contributed by atoms with Gasteiger partial charge in [-0.3, -0.25) is 14.4 Å². The molecule has 0 bridgehead atoms. The Kier molecular flexibility index (Phi) is 5.67. The zero-order chi connectivity index (χ0) is 19.5. The van der Waals surface area contributed by atoms with Crippen LogP contribution in [0.25, 0.3) is 0 Å². The van der Waals surface area contributed by atoms with E-state index in [2.05, 4.69) is 11.1 Å². The number of phenolic OH excluding ortho intramolecular Hbond substituents is 1. The van der Waals surface area contributed by atoms with Crippen LogP contribution in [0.5, 0.6) is 5.75 Å². The fraction of sp³-hybridized carbons (Fsp3) is 0.545. The fourth-order valence-corrected chi connectivity index (χ4v) is 4.57. The number of rotatable bonds is 4. The zero-order valence-electron chi connectivity index (χ0n) is 16.7. The predicted octanol–water partition coefficient (Wildman–Crippen LogP) is 3.13. The van der Waals surface area contributed by atoms with E-state index in [0.717, 1.165) is 19.6 Å². The van der Waals surface area contributed by atoms with Crippen molar-refractivity contribution in [3.8, 4) is 5.75 Å². The van der Waals surface area contributed by atoms with Gasteiger partial charge in [-0.2, -0.15) is 5.10 Å². The predicted molar refractivity (Wildman–Crippen MR) is 108 cm³/mol. The second kappa shape index (κ2) is 8.35. The number of piperazine rings is 1. The van der Waals surface area contributed by atoms with Gasteiger partial charge in [0.05, 0.1) is 11.3 Å². The van der Waals surface area contributed by atoms with Gasteiger partial charge in [-0.05, 0) is 25.0 Å². The lowest BCUT2D eigenvalue weighted by molar-refractivity contribution is 0.0625. The first-order chi connectivity index (χ1) is 13.6. The Morgan fingerprint density at radius 1 is 1.11 bits per heavy atom. The Morgan fingerprint density at radius 3 is 2.54 bits per heavy atom. The first-order valence-corrected chi connectivity index (χ1v) is 10.4. The number of amides is 1. The third-order valence-electron chi connectivity index (χ3n) is 6.12. The number of hydrogen-bond acceptors (Lipinski definition) is 4. The molecule has 1 aliphatic carbocycles. The van der Waals surface area contributed by atoms with Crippen molar-refractivity contribution in [1.82, 2.24) is 19.6 Å². The van der Waals surface area contributed by atoms with E-state index in [0.29, 0.717) is 24.6 Å². The van der Waals surface area contributed by atoms with Gasteiger partial charge in [-0.15, -0.1) is 0 Å². The number of hydrogen-bond donors (Lipinski definition) is 1. The molecule has 2 aliphatic rings. The maximum absolute atomic E-state index is 12.7. The minimum atomic E-state index is -0.0815. The zero-order valence-corrected chi connectivity index (χ0v) is 16.7. The Bertz CT molecular complexity index is 818. The highest BCUT2D eigenvalue weighted by atomic mass is 16.3. The van der Waals surface area contributed by atoms with E-state index >= 15 is 0 Å². The Hall–Kier alpha value is -2.34. The smallest absolute Gasteiger partial charge is 0.257 e. The summed E-state index contributed by atoms with van der Waals surface area (Å²) in [5.41, 5.74) is 3.02. The topological polar surface area (TPSA) is 61.6 Å². The van der Waals surface area contributed by atoms with E-state index in [-0.39, 0.29) is 11.7 Å². The Morgan fingerprint density at radius 2 is 1.82 bits per heavy atom. The summed E-state index contributed by atoms with van der Waals surface area (Å²) < 4.78 is 1.96. The molecule has 2 aromatic rings. The Balaban J connectivity index is 1.37. The van der Waals surface area contributed by atoms with Crippen LogP contribution in [-0.4, -0.2) is 56.8 Å². The van der Waals surface area contributed by atoms with Crippen LogP contribution in [0.15, 0.2) is 30.5 Å². The number of aryl methyl sites for hydroxylation is 1. The van der Waals surface area contributed by atoms with Crippen molar-refractivity contribution >= 4 is 5.91 Å². The normalized spacial score (nSPS) is 19.1. The molecule has 1 amide bonds. The average molecular weight is 383 g/mol. The van der Waals surface area contributed by atoms with Crippen molar-refractivity contribution in [1.29, 1.82) is 0 Å². The molecular formula is C22H30N4O2. The van der Waals surface area contributed by atoms with Gasteiger partial charge in [0.25, 0.3) is 5.91 Å². The summed E-state index contributed by atoms with van der Waals surface area (Å²) in [6.45, 7) is 3.97. The molecule has 1 saturated carbocycles. The molecular weight excluding hydrogens is 352 g/mol. The van der Waals surface area contributed by atoms with Crippen molar-refractivity contribution in [3.63, 3.8) is 0 Å². The monoisotopic (exact) mass is 382 g/mol. The van der Waals surface area contributed by atoms with E-state index in [1.165, 1.54) is 43.4 Å². The summed E-state index contributed by atoms with van der Waals surface area (Å²) in [6, 6.07) is 6.79. The van der Waals surface area contributed by atoms with Gasteiger partial charge in [0.15, 0.2) is 0 Å². The third kappa shape index (κ3) is 4.07. The summed E-state index contributed by atoms with van der Waals surface area (Å²) in [6.07, 6.45) is 8.66. The summed E-state index contributed by atoms with van der Waals surface area (Å²) in [7, 11) is 2.01. The number of carbonyl (C=O) groups excluding carboxylic acids is 1. The molecule has 1 aromatic heterocycles. The molecule has 150 valence electrons. The van der Waals surface area contributed by atoms with Crippen molar-refractivity contribution in [2.45, 2.75) is 44.6 Å². The number of nitrogens with zero attached hydrogens (tertiary/aromatic N) is 4. The molecule has 0 unspecified atom stereocenters. The van der Waals surface area contributed by atoms with Gasteiger partial charge in [0, 0.05) is 57.4 Å². The molecule has 1 aliphatic heterocycles. The van der Waals surface area contributed by atoms with Crippen LogP contribution in [0.3, 0.4) is 0 Å². The SMILES string of the molecule is Cn1cc(CN2CCN(C(=O)c3ccccc3O)CC2)c(C2CCCCC2)n1. The lowest BCUT2D eigenvalue weighted by Gasteiger charge is -2.35. The van der Waals surface area contributed by atoms with Crippen molar-refractivity contribution in [2.24, 2.45) is 7.05 Å². The molecule has 4 rings (SSSR count). The molecule has 1 N–H and O–H groups in total. The van der Waals surface area contributed by atoms with Gasteiger partial charge in [-0.25, -0.2) is 0 Å². The maximum Gasteiger partial charge on any atom is 0.257 e. The van der Waals surface area contributed by atoms with E-state index in [4.69, 9.17) is 5.10 Å². The fourth-order valence-electron chi connectivity index (χ4n) is 4.57. The van der Waals surface area contributed by atoms with E-state index in [1.807, 2.05) is 16.6 Å². The first-order valence-electron chi connectivity index (χ1n) is 10.4. The van der Waals surface area contributed by atoms with Crippen molar-refractivity contribution in [3.05, 3.63) is 47.3 Å².